The van der Waals surface area contributed by atoms with E-state index in [-0.39, 0.29) is 23.7 Å². The maximum atomic E-state index is 13.6. The second kappa shape index (κ2) is 5.36. The fourth-order valence-electron chi connectivity index (χ4n) is 3.80. The molecule has 1 N–H and O–H groups in total. The van der Waals surface area contributed by atoms with E-state index in [0.29, 0.717) is 11.3 Å². The Hall–Kier alpha value is -2.30. The molecule has 0 unspecified atom stereocenters. The molecule has 0 bridgehead atoms. The fraction of sp³-hybridized carbons (Fsp3) is 0.263. The Morgan fingerprint density at radius 2 is 1.88 bits per heavy atom. The van der Waals surface area contributed by atoms with Crippen LogP contribution in [0.5, 0.6) is 0 Å². The molecule has 2 aromatic rings. The molecule has 3 atom stereocenters. The van der Waals surface area contributed by atoms with Crippen LogP contribution in [0.2, 0.25) is 0 Å². The van der Waals surface area contributed by atoms with E-state index in [1.54, 1.807) is 6.07 Å². The Morgan fingerprint density at radius 3 is 2.62 bits per heavy atom. The van der Waals surface area contributed by atoms with Crippen molar-refractivity contribution in [2.24, 2.45) is 5.92 Å². The number of allylic oxidation sites excluding steroid dienone is 2. The second-order valence-corrected chi connectivity index (χ2v) is 6.33. The molecule has 0 saturated heterocycles. The van der Waals surface area contributed by atoms with Crippen molar-refractivity contribution in [3.63, 3.8) is 0 Å². The first-order chi connectivity index (χ1) is 11.4. The molecular formula is C19H15F4N. The maximum Gasteiger partial charge on any atom is 0.416 e. The molecule has 0 fully saturated rings. The lowest BCUT2D eigenvalue weighted by molar-refractivity contribution is -0.137. The van der Waals surface area contributed by atoms with Crippen LogP contribution in [0.25, 0.3) is 0 Å². The highest BCUT2D eigenvalue weighted by atomic mass is 19.4. The quantitative estimate of drug-likeness (QED) is 0.524. The summed E-state index contributed by atoms with van der Waals surface area (Å²) in [5.41, 5.74) is 1.53. The summed E-state index contributed by atoms with van der Waals surface area (Å²) < 4.78 is 52.6. The number of alkyl halides is 3. The Morgan fingerprint density at radius 1 is 1.04 bits per heavy atom. The average molecular weight is 333 g/mol. The summed E-state index contributed by atoms with van der Waals surface area (Å²) in [5, 5.41) is 3.32. The van der Waals surface area contributed by atoms with Gasteiger partial charge in [-0.25, -0.2) is 4.39 Å². The first-order valence-electron chi connectivity index (χ1n) is 7.83. The minimum Gasteiger partial charge on any atom is -0.378 e. The van der Waals surface area contributed by atoms with Crippen LogP contribution >= 0.6 is 0 Å². The smallest absolute Gasteiger partial charge is 0.378 e. The summed E-state index contributed by atoms with van der Waals surface area (Å²) in [7, 11) is 0. The highest BCUT2D eigenvalue weighted by Crippen LogP contribution is 2.50. The molecule has 0 saturated carbocycles. The van der Waals surface area contributed by atoms with E-state index in [1.807, 2.05) is 18.2 Å². The molecule has 0 spiro atoms. The summed E-state index contributed by atoms with van der Waals surface area (Å²) in [6, 6.07) is 10.1. The maximum absolute atomic E-state index is 13.6. The van der Waals surface area contributed by atoms with Gasteiger partial charge in [0.1, 0.15) is 5.82 Å². The number of hydrogen-bond acceptors (Lipinski definition) is 1. The predicted molar refractivity (Wildman–Crippen MR) is 84.2 cm³/mol. The van der Waals surface area contributed by atoms with Crippen molar-refractivity contribution >= 4 is 5.69 Å². The van der Waals surface area contributed by atoms with Gasteiger partial charge in [-0.15, -0.1) is 0 Å². The largest absolute Gasteiger partial charge is 0.416 e. The number of rotatable bonds is 1. The molecule has 2 aliphatic rings. The summed E-state index contributed by atoms with van der Waals surface area (Å²) in [4.78, 5) is 0. The SMILES string of the molecule is Fc1cccc([C@@H]2Nc3ccc(C(F)(F)F)cc3[C@H]3C=CC[C@@H]32)c1. The van der Waals surface area contributed by atoms with E-state index in [1.165, 1.54) is 24.3 Å². The number of halogens is 4. The van der Waals surface area contributed by atoms with Crippen LogP contribution < -0.4 is 5.32 Å². The molecule has 0 radical (unpaired) electrons. The third-order valence-corrected chi connectivity index (χ3v) is 4.90. The molecule has 2 aromatic carbocycles. The molecule has 0 aromatic heterocycles. The van der Waals surface area contributed by atoms with Crippen molar-refractivity contribution < 1.29 is 17.6 Å². The molecule has 1 aliphatic heterocycles. The molecule has 1 aliphatic carbocycles. The van der Waals surface area contributed by atoms with Gasteiger partial charge in [-0.1, -0.05) is 24.3 Å². The number of nitrogens with one attached hydrogen (secondary N) is 1. The number of anilines is 1. The Labute approximate surface area is 137 Å². The van der Waals surface area contributed by atoms with Crippen LogP contribution in [0.1, 0.15) is 35.1 Å². The van der Waals surface area contributed by atoms with E-state index in [0.717, 1.165) is 18.1 Å². The van der Waals surface area contributed by atoms with Crippen LogP contribution in [0, 0.1) is 11.7 Å². The topological polar surface area (TPSA) is 12.0 Å². The van der Waals surface area contributed by atoms with Crippen molar-refractivity contribution in [1.29, 1.82) is 0 Å². The monoisotopic (exact) mass is 333 g/mol. The molecule has 5 heteroatoms. The first kappa shape index (κ1) is 15.2. The van der Waals surface area contributed by atoms with Gasteiger partial charge < -0.3 is 5.32 Å². The zero-order valence-corrected chi connectivity index (χ0v) is 12.6. The highest BCUT2D eigenvalue weighted by Gasteiger charge is 2.40. The number of hydrogen-bond donors (Lipinski definition) is 1. The van der Waals surface area contributed by atoms with Gasteiger partial charge in [0.2, 0.25) is 0 Å². The molecule has 24 heavy (non-hydrogen) atoms. The van der Waals surface area contributed by atoms with Crippen LogP contribution in [0.3, 0.4) is 0 Å². The van der Waals surface area contributed by atoms with Gasteiger partial charge in [-0.3, -0.25) is 0 Å². The zero-order chi connectivity index (χ0) is 16.9. The first-order valence-corrected chi connectivity index (χ1v) is 7.83. The van der Waals surface area contributed by atoms with Crippen molar-refractivity contribution in [3.05, 3.63) is 77.1 Å². The van der Waals surface area contributed by atoms with E-state index in [2.05, 4.69) is 5.32 Å². The normalized spacial score (nSPS) is 25.1. The van der Waals surface area contributed by atoms with Crippen LogP contribution in [0.4, 0.5) is 23.2 Å². The van der Waals surface area contributed by atoms with E-state index in [9.17, 15) is 17.6 Å². The lowest BCUT2D eigenvalue weighted by Gasteiger charge is -2.37. The van der Waals surface area contributed by atoms with Crippen LogP contribution in [0.15, 0.2) is 54.6 Å². The lowest BCUT2D eigenvalue weighted by atomic mass is 9.76. The van der Waals surface area contributed by atoms with Crippen LogP contribution in [-0.2, 0) is 6.18 Å². The van der Waals surface area contributed by atoms with Gasteiger partial charge in [0.25, 0.3) is 0 Å². The van der Waals surface area contributed by atoms with Gasteiger partial charge in [0.05, 0.1) is 11.6 Å². The summed E-state index contributed by atoms with van der Waals surface area (Å²) in [6.45, 7) is 0. The lowest BCUT2D eigenvalue weighted by Crippen LogP contribution is -2.29. The number of benzene rings is 2. The minimum absolute atomic E-state index is 0.0859. The summed E-state index contributed by atoms with van der Waals surface area (Å²) >= 11 is 0. The van der Waals surface area contributed by atoms with Crippen molar-refractivity contribution in [2.75, 3.05) is 5.32 Å². The molecule has 4 rings (SSSR count). The summed E-state index contributed by atoms with van der Waals surface area (Å²) in [5.74, 6) is -0.311. The fourth-order valence-corrected chi connectivity index (χ4v) is 3.80. The second-order valence-electron chi connectivity index (χ2n) is 6.33. The van der Waals surface area contributed by atoms with Gasteiger partial charge in [-0.05, 0) is 53.8 Å². The molecule has 124 valence electrons. The van der Waals surface area contributed by atoms with E-state index < -0.39 is 11.7 Å². The Kier molecular flexibility index (Phi) is 3.41. The third kappa shape index (κ3) is 2.48. The predicted octanol–water partition coefficient (Wildman–Crippen LogP) is 5.67. The standard InChI is InChI=1S/C19H15F4N/c20-13-4-1-3-11(9-13)18-15-6-2-5-14(15)16-10-12(19(21,22)23)7-8-17(16)24-18/h1-5,7-10,14-15,18,24H,6H2/t14-,15-,18-/m0/s1. The Balaban J connectivity index is 1.78. The molecule has 1 heterocycles. The van der Waals surface area contributed by atoms with Gasteiger partial charge >= 0.3 is 6.18 Å². The van der Waals surface area contributed by atoms with Gasteiger partial charge in [0, 0.05) is 11.6 Å². The van der Waals surface area contributed by atoms with Gasteiger partial charge in [-0.2, -0.15) is 13.2 Å². The van der Waals surface area contributed by atoms with Gasteiger partial charge in [0.15, 0.2) is 0 Å². The van der Waals surface area contributed by atoms with E-state index >= 15 is 0 Å². The molecule has 0 amide bonds. The highest BCUT2D eigenvalue weighted by molar-refractivity contribution is 5.61. The van der Waals surface area contributed by atoms with E-state index in [4.69, 9.17) is 0 Å². The third-order valence-electron chi connectivity index (χ3n) is 4.90. The number of fused-ring (bicyclic) bond motifs is 3. The van der Waals surface area contributed by atoms with Crippen LogP contribution in [-0.4, -0.2) is 0 Å². The van der Waals surface area contributed by atoms with Crippen molar-refractivity contribution in [1.82, 2.24) is 0 Å². The minimum atomic E-state index is -4.35. The average Bonchev–Trinajstić information content (AvgIpc) is 3.02. The summed E-state index contributed by atoms with van der Waals surface area (Å²) in [6.07, 6.45) is 0.371. The van der Waals surface area contributed by atoms with Crippen molar-refractivity contribution in [3.8, 4) is 0 Å². The molecule has 1 nitrogen and oxygen atoms in total. The zero-order valence-electron chi connectivity index (χ0n) is 12.6. The molecular weight excluding hydrogens is 318 g/mol. The van der Waals surface area contributed by atoms with Crippen molar-refractivity contribution in [2.45, 2.75) is 24.6 Å². The Bertz CT molecular complexity index is 809.